The van der Waals surface area contributed by atoms with Crippen molar-refractivity contribution < 1.29 is 13.5 Å². The van der Waals surface area contributed by atoms with Gasteiger partial charge in [0.05, 0.1) is 11.5 Å². The highest BCUT2D eigenvalue weighted by Gasteiger charge is 2.32. The highest BCUT2D eigenvalue weighted by molar-refractivity contribution is 7.89. The fourth-order valence-corrected chi connectivity index (χ4v) is 4.46. The molecule has 1 heterocycles. The molecule has 1 N–H and O–H groups in total. The van der Waals surface area contributed by atoms with Crippen LogP contribution in [-0.4, -0.2) is 55.5 Å². The predicted molar refractivity (Wildman–Crippen MR) is 82.7 cm³/mol. The number of aliphatic hydroxyl groups is 1. The number of piperazine rings is 1. The van der Waals surface area contributed by atoms with E-state index >= 15 is 0 Å². The van der Waals surface area contributed by atoms with Gasteiger partial charge in [0.1, 0.15) is 0 Å². The number of rotatable bonds is 3. The summed E-state index contributed by atoms with van der Waals surface area (Å²) >= 11 is 0. The lowest BCUT2D eigenvalue weighted by Crippen LogP contribution is -2.51. The van der Waals surface area contributed by atoms with Crippen molar-refractivity contribution in [2.24, 2.45) is 0 Å². The van der Waals surface area contributed by atoms with Crippen LogP contribution >= 0.6 is 0 Å². The molecule has 1 saturated heterocycles. The van der Waals surface area contributed by atoms with Crippen LogP contribution in [0.5, 0.6) is 0 Å². The minimum Gasteiger partial charge on any atom is -0.392 e. The molecule has 1 fully saturated rings. The maximum Gasteiger partial charge on any atom is 0.243 e. The number of nitrogens with zero attached hydrogens (tertiary/aromatic N) is 2. The second-order valence-electron chi connectivity index (χ2n) is 5.89. The highest BCUT2D eigenvalue weighted by Crippen LogP contribution is 2.25. The Morgan fingerprint density at radius 1 is 1.24 bits per heavy atom. The molecular formula is C15H24N2O3S. The number of hydrogen-bond donors (Lipinski definition) is 1. The van der Waals surface area contributed by atoms with Crippen LogP contribution in [0.25, 0.3) is 0 Å². The van der Waals surface area contributed by atoms with E-state index in [1.54, 1.807) is 17.3 Å². The molecule has 1 aromatic carbocycles. The van der Waals surface area contributed by atoms with E-state index in [0.29, 0.717) is 23.5 Å². The molecule has 0 spiro atoms. The molecule has 118 valence electrons. The van der Waals surface area contributed by atoms with Crippen molar-refractivity contribution in [2.75, 3.05) is 26.7 Å². The Morgan fingerprint density at radius 2 is 1.90 bits per heavy atom. The number of likely N-dealkylation sites (N-methyl/N-ethyl adjacent to an activating group) is 1. The molecule has 1 unspecified atom stereocenters. The Hall–Kier alpha value is -0.950. The van der Waals surface area contributed by atoms with Gasteiger partial charge < -0.3 is 10.0 Å². The summed E-state index contributed by atoms with van der Waals surface area (Å²) in [5.74, 6) is 0. The third kappa shape index (κ3) is 3.13. The summed E-state index contributed by atoms with van der Waals surface area (Å²) in [5, 5.41) is 9.37. The molecule has 0 saturated carbocycles. The molecule has 5 nitrogen and oxygen atoms in total. The molecule has 21 heavy (non-hydrogen) atoms. The van der Waals surface area contributed by atoms with Crippen molar-refractivity contribution >= 4 is 10.0 Å². The number of hydrogen-bond acceptors (Lipinski definition) is 4. The SMILES string of the molecule is Cc1cc(C)c(S(=O)(=O)N2CCN(C)C(C)C2)cc1CO. The van der Waals surface area contributed by atoms with E-state index in [0.717, 1.165) is 17.7 Å². The Labute approximate surface area is 127 Å². The third-order valence-electron chi connectivity index (χ3n) is 4.34. The van der Waals surface area contributed by atoms with Crippen LogP contribution in [0.4, 0.5) is 0 Å². The summed E-state index contributed by atoms with van der Waals surface area (Å²) in [6.07, 6.45) is 0. The van der Waals surface area contributed by atoms with Crippen LogP contribution in [0, 0.1) is 13.8 Å². The van der Waals surface area contributed by atoms with E-state index in [1.165, 1.54) is 0 Å². The molecule has 0 amide bonds. The molecule has 0 aliphatic carbocycles. The average molecular weight is 312 g/mol. The van der Waals surface area contributed by atoms with Crippen molar-refractivity contribution in [3.8, 4) is 0 Å². The first kappa shape index (κ1) is 16.4. The second kappa shape index (κ2) is 6.04. The quantitative estimate of drug-likeness (QED) is 0.908. The van der Waals surface area contributed by atoms with Crippen LogP contribution in [-0.2, 0) is 16.6 Å². The van der Waals surface area contributed by atoms with E-state index < -0.39 is 10.0 Å². The second-order valence-corrected chi connectivity index (χ2v) is 7.80. The lowest BCUT2D eigenvalue weighted by atomic mass is 10.1. The first-order valence-electron chi connectivity index (χ1n) is 7.18. The molecule has 1 aliphatic heterocycles. The zero-order chi connectivity index (χ0) is 15.8. The smallest absolute Gasteiger partial charge is 0.243 e. The number of benzene rings is 1. The molecule has 2 rings (SSSR count). The Bertz CT molecular complexity index is 628. The van der Waals surface area contributed by atoms with Crippen molar-refractivity contribution in [1.29, 1.82) is 0 Å². The Morgan fingerprint density at radius 3 is 2.48 bits per heavy atom. The highest BCUT2D eigenvalue weighted by atomic mass is 32.2. The zero-order valence-electron chi connectivity index (χ0n) is 13.1. The van der Waals surface area contributed by atoms with Gasteiger partial charge in [-0.15, -0.1) is 0 Å². The van der Waals surface area contributed by atoms with Crippen LogP contribution in [0.15, 0.2) is 17.0 Å². The Kier molecular flexibility index (Phi) is 4.72. The molecule has 0 bridgehead atoms. The standard InChI is InChI=1S/C15H24N2O3S/c1-11-7-12(2)15(8-14(11)10-18)21(19,20)17-6-5-16(4)13(3)9-17/h7-8,13,18H,5-6,9-10H2,1-4H3. The van der Waals surface area contributed by atoms with Gasteiger partial charge in [-0.25, -0.2) is 8.42 Å². The summed E-state index contributed by atoms with van der Waals surface area (Å²) in [5.41, 5.74) is 2.32. The summed E-state index contributed by atoms with van der Waals surface area (Å²) in [7, 11) is -1.49. The number of aliphatic hydroxyl groups excluding tert-OH is 1. The number of sulfonamides is 1. The van der Waals surface area contributed by atoms with Gasteiger partial charge in [-0.2, -0.15) is 4.31 Å². The molecule has 6 heteroatoms. The van der Waals surface area contributed by atoms with E-state index in [2.05, 4.69) is 4.90 Å². The first-order valence-corrected chi connectivity index (χ1v) is 8.62. The zero-order valence-corrected chi connectivity index (χ0v) is 13.9. The summed E-state index contributed by atoms with van der Waals surface area (Å²) in [4.78, 5) is 2.47. The minimum atomic E-state index is -3.50. The molecule has 0 radical (unpaired) electrons. The molecule has 1 aromatic rings. The lowest BCUT2D eigenvalue weighted by Gasteiger charge is -2.37. The van der Waals surface area contributed by atoms with Crippen molar-refractivity contribution in [1.82, 2.24) is 9.21 Å². The van der Waals surface area contributed by atoms with Gasteiger partial charge in [-0.1, -0.05) is 6.07 Å². The average Bonchev–Trinajstić information content (AvgIpc) is 2.41. The molecule has 1 aliphatic rings. The van der Waals surface area contributed by atoms with Crippen molar-refractivity contribution in [3.63, 3.8) is 0 Å². The Balaban J connectivity index is 2.40. The summed E-state index contributed by atoms with van der Waals surface area (Å²) in [6.45, 7) is 7.31. The molecule has 0 aromatic heterocycles. The van der Waals surface area contributed by atoms with Crippen LogP contribution in [0.3, 0.4) is 0 Å². The normalized spacial score (nSPS) is 21.7. The van der Waals surface area contributed by atoms with E-state index in [1.807, 2.05) is 27.0 Å². The van der Waals surface area contributed by atoms with E-state index in [4.69, 9.17) is 0 Å². The fraction of sp³-hybridized carbons (Fsp3) is 0.600. The maximum absolute atomic E-state index is 12.9. The predicted octanol–water partition coefficient (Wildman–Crippen LogP) is 1.12. The maximum atomic E-state index is 12.9. The van der Waals surface area contributed by atoms with Gasteiger partial charge in [-0.05, 0) is 50.6 Å². The van der Waals surface area contributed by atoms with Crippen LogP contribution < -0.4 is 0 Å². The first-order chi connectivity index (χ1) is 9.77. The summed E-state index contributed by atoms with van der Waals surface area (Å²) < 4.78 is 27.3. The fourth-order valence-electron chi connectivity index (χ4n) is 2.70. The van der Waals surface area contributed by atoms with E-state index in [9.17, 15) is 13.5 Å². The van der Waals surface area contributed by atoms with Gasteiger partial charge in [-0.3, -0.25) is 0 Å². The topological polar surface area (TPSA) is 60.9 Å². The van der Waals surface area contributed by atoms with Gasteiger partial charge in [0.2, 0.25) is 10.0 Å². The van der Waals surface area contributed by atoms with Gasteiger partial charge in [0.25, 0.3) is 0 Å². The van der Waals surface area contributed by atoms with Gasteiger partial charge in [0, 0.05) is 25.7 Å². The van der Waals surface area contributed by atoms with Crippen molar-refractivity contribution in [2.45, 2.75) is 38.3 Å². The van der Waals surface area contributed by atoms with Gasteiger partial charge in [0.15, 0.2) is 0 Å². The van der Waals surface area contributed by atoms with Crippen LogP contribution in [0.2, 0.25) is 0 Å². The van der Waals surface area contributed by atoms with E-state index in [-0.39, 0.29) is 12.6 Å². The van der Waals surface area contributed by atoms with Crippen molar-refractivity contribution in [3.05, 3.63) is 28.8 Å². The summed E-state index contributed by atoms with van der Waals surface area (Å²) in [6, 6.07) is 3.65. The number of aryl methyl sites for hydroxylation is 2. The lowest BCUT2D eigenvalue weighted by molar-refractivity contribution is 0.159. The minimum absolute atomic E-state index is 0.145. The monoisotopic (exact) mass is 312 g/mol. The molecular weight excluding hydrogens is 288 g/mol. The van der Waals surface area contributed by atoms with Gasteiger partial charge >= 0.3 is 0 Å². The largest absolute Gasteiger partial charge is 0.392 e. The molecule has 1 atom stereocenters. The van der Waals surface area contributed by atoms with Crippen LogP contribution in [0.1, 0.15) is 23.6 Å². The third-order valence-corrected chi connectivity index (χ3v) is 6.35.